The van der Waals surface area contributed by atoms with Crippen molar-refractivity contribution in [1.29, 1.82) is 0 Å². The first kappa shape index (κ1) is 5.53. The van der Waals surface area contributed by atoms with Gasteiger partial charge in [0.2, 0.25) is 0 Å². The van der Waals surface area contributed by atoms with E-state index in [0.29, 0.717) is 5.41 Å². The van der Waals surface area contributed by atoms with Crippen LogP contribution in [0.25, 0.3) is 0 Å². The fourth-order valence-electron chi connectivity index (χ4n) is 1.80. The lowest BCUT2D eigenvalue weighted by Gasteiger charge is -2.02. The van der Waals surface area contributed by atoms with Crippen LogP contribution in [0.2, 0.25) is 0 Å². The normalized spacial score (nSPS) is 22.2. The molecule has 1 fully saturated rings. The molecule has 1 aliphatic carbocycles. The zero-order valence-corrected chi connectivity index (χ0v) is 6.25. The maximum absolute atomic E-state index is 4.39. The molecular weight excluding hydrogens is 134 g/mol. The van der Waals surface area contributed by atoms with Gasteiger partial charge in [-0.25, -0.2) is 0 Å². The summed E-state index contributed by atoms with van der Waals surface area (Å²) >= 11 is 0. The average molecular weight is 143 g/mol. The van der Waals surface area contributed by atoms with Crippen molar-refractivity contribution in [2.75, 3.05) is 0 Å². The quantitative estimate of drug-likeness (QED) is 0.529. The van der Waals surface area contributed by atoms with Crippen LogP contribution in [0.1, 0.15) is 18.4 Å². The van der Waals surface area contributed by atoms with Crippen molar-refractivity contribution >= 4 is 11.9 Å². The van der Waals surface area contributed by atoms with Gasteiger partial charge in [-0.15, -0.1) is 0 Å². The second kappa shape index (κ2) is 1.55. The van der Waals surface area contributed by atoms with E-state index >= 15 is 0 Å². The maximum atomic E-state index is 4.39. The predicted molar refractivity (Wildman–Crippen MR) is 45.5 cm³/mol. The molecule has 54 valence electrons. The molecule has 0 amide bonds. The van der Waals surface area contributed by atoms with Crippen LogP contribution in [0.4, 0.5) is 5.69 Å². The van der Waals surface area contributed by atoms with Crippen molar-refractivity contribution in [3.8, 4) is 0 Å². The summed E-state index contributed by atoms with van der Waals surface area (Å²) in [7, 11) is 0. The van der Waals surface area contributed by atoms with E-state index in [2.05, 4.69) is 35.5 Å². The molecule has 2 aliphatic rings. The van der Waals surface area contributed by atoms with Crippen LogP contribution in [-0.4, -0.2) is 6.21 Å². The minimum absolute atomic E-state index is 0.386. The Morgan fingerprint density at radius 2 is 2.00 bits per heavy atom. The largest absolute Gasteiger partial charge is 0.260 e. The molecular formula is C10H9N. The molecule has 1 nitrogen and oxygen atoms in total. The van der Waals surface area contributed by atoms with Crippen LogP contribution >= 0.6 is 0 Å². The third-order valence-corrected chi connectivity index (χ3v) is 2.68. The van der Waals surface area contributed by atoms with E-state index < -0.39 is 0 Å². The van der Waals surface area contributed by atoms with Crippen molar-refractivity contribution in [3.63, 3.8) is 0 Å². The summed E-state index contributed by atoms with van der Waals surface area (Å²) < 4.78 is 0. The molecule has 1 heteroatoms. The lowest BCUT2D eigenvalue weighted by Crippen LogP contribution is -2.01. The van der Waals surface area contributed by atoms with Crippen molar-refractivity contribution in [2.24, 2.45) is 4.99 Å². The molecule has 1 aromatic rings. The highest BCUT2D eigenvalue weighted by Gasteiger charge is 2.46. The summed E-state index contributed by atoms with van der Waals surface area (Å²) in [6.07, 6.45) is 4.72. The van der Waals surface area contributed by atoms with E-state index in [1.165, 1.54) is 24.1 Å². The molecule has 1 spiro atoms. The third-order valence-electron chi connectivity index (χ3n) is 2.68. The van der Waals surface area contributed by atoms with Gasteiger partial charge in [0.15, 0.2) is 0 Å². The molecule has 1 saturated carbocycles. The average Bonchev–Trinajstić information content (AvgIpc) is 2.72. The highest BCUT2D eigenvalue weighted by atomic mass is 14.8. The lowest BCUT2D eigenvalue weighted by molar-refractivity contribution is 1.01. The summed E-state index contributed by atoms with van der Waals surface area (Å²) in [4.78, 5) is 4.39. The minimum atomic E-state index is 0.386. The smallest absolute Gasteiger partial charge is 0.0667 e. The summed E-state index contributed by atoms with van der Waals surface area (Å²) in [6, 6.07) is 8.46. The molecule has 0 atom stereocenters. The SMILES string of the molecule is C1=Nc2ccccc2C12CC2. The number of para-hydroxylation sites is 1. The van der Waals surface area contributed by atoms with Crippen molar-refractivity contribution in [2.45, 2.75) is 18.3 Å². The predicted octanol–water partition coefficient (Wildman–Crippen LogP) is 2.43. The number of hydrogen-bond donors (Lipinski definition) is 0. The number of aliphatic imine (C=N–C) groups is 1. The first-order chi connectivity index (χ1) is 5.41. The second-order valence-electron chi connectivity index (χ2n) is 3.43. The Balaban J connectivity index is 2.28. The maximum Gasteiger partial charge on any atom is 0.0667 e. The van der Waals surface area contributed by atoms with E-state index in [1.54, 1.807) is 0 Å². The van der Waals surface area contributed by atoms with Crippen molar-refractivity contribution in [3.05, 3.63) is 29.8 Å². The van der Waals surface area contributed by atoms with Gasteiger partial charge in [0.05, 0.1) is 5.69 Å². The van der Waals surface area contributed by atoms with Crippen LogP contribution < -0.4 is 0 Å². The first-order valence-electron chi connectivity index (χ1n) is 4.05. The van der Waals surface area contributed by atoms with Crippen LogP contribution in [-0.2, 0) is 5.41 Å². The second-order valence-corrected chi connectivity index (χ2v) is 3.43. The van der Waals surface area contributed by atoms with Gasteiger partial charge in [-0.2, -0.15) is 0 Å². The van der Waals surface area contributed by atoms with Crippen LogP contribution in [0.3, 0.4) is 0 Å². The number of benzene rings is 1. The van der Waals surface area contributed by atoms with Gasteiger partial charge in [0.1, 0.15) is 0 Å². The molecule has 0 saturated heterocycles. The molecule has 0 bridgehead atoms. The standard InChI is InChI=1S/C10H9N/c1-2-4-9-8(3-1)10(5-6-10)7-11-9/h1-4,7H,5-6H2. The molecule has 0 unspecified atom stereocenters. The van der Waals surface area contributed by atoms with E-state index in [4.69, 9.17) is 0 Å². The molecule has 1 heterocycles. The van der Waals surface area contributed by atoms with E-state index in [-0.39, 0.29) is 0 Å². The Hall–Kier alpha value is -1.11. The molecule has 1 aliphatic heterocycles. The van der Waals surface area contributed by atoms with Gasteiger partial charge in [-0.1, -0.05) is 18.2 Å². The van der Waals surface area contributed by atoms with Gasteiger partial charge in [0.25, 0.3) is 0 Å². The molecule has 0 aromatic heterocycles. The molecule has 3 rings (SSSR count). The van der Waals surface area contributed by atoms with Crippen LogP contribution in [0.15, 0.2) is 29.3 Å². The topological polar surface area (TPSA) is 12.4 Å². The van der Waals surface area contributed by atoms with Gasteiger partial charge < -0.3 is 0 Å². The van der Waals surface area contributed by atoms with Crippen molar-refractivity contribution < 1.29 is 0 Å². The van der Waals surface area contributed by atoms with E-state index in [9.17, 15) is 0 Å². The Labute approximate surface area is 65.8 Å². The van der Waals surface area contributed by atoms with Gasteiger partial charge in [-0.05, 0) is 24.5 Å². The molecule has 0 N–H and O–H groups in total. The van der Waals surface area contributed by atoms with Crippen molar-refractivity contribution in [1.82, 2.24) is 0 Å². The van der Waals surface area contributed by atoms with Crippen LogP contribution in [0.5, 0.6) is 0 Å². The molecule has 1 aromatic carbocycles. The summed E-state index contributed by atoms with van der Waals surface area (Å²) in [6.45, 7) is 0. The number of nitrogens with zero attached hydrogens (tertiary/aromatic N) is 1. The first-order valence-corrected chi connectivity index (χ1v) is 4.05. The fourth-order valence-corrected chi connectivity index (χ4v) is 1.80. The Bertz CT molecular complexity index is 334. The van der Waals surface area contributed by atoms with Gasteiger partial charge >= 0.3 is 0 Å². The summed E-state index contributed by atoms with van der Waals surface area (Å²) in [5.74, 6) is 0. The van der Waals surface area contributed by atoms with Gasteiger partial charge in [0, 0.05) is 11.6 Å². The highest BCUT2D eigenvalue weighted by Crippen LogP contribution is 2.53. The Morgan fingerprint density at radius 1 is 1.18 bits per heavy atom. The zero-order valence-electron chi connectivity index (χ0n) is 6.25. The lowest BCUT2D eigenvalue weighted by atomic mass is 9.99. The monoisotopic (exact) mass is 143 g/mol. The summed E-state index contributed by atoms with van der Waals surface area (Å²) in [5, 5.41) is 0. The molecule has 11 heavy (non-hydrogen) atoms. The third kappa shape index (κ3) is 0.584. The zero-order chi connectivity index (χ0) is 7.31. The fraction of sp³-hybridized carbons (Fsp3) is 0.300. The van der Waals surface area contributed by atoms with Crippen LogP contribution in [0, 0.1) is 0 Å². The van der Waals surface area contributed by atoms with E-state index in [0.717, 1.165) is 0 Å². The number of rotatable bonds is 0. The Kier molecular flexibility index (Phi) is 0.780. The number of fused-ring (bicyclic) bond motifs is 2. The summed E-state index contributed by atoms with van der Waals surface area (Å²) in [5.41, 5.74) is 3.02. The van der Waals surface area contributed by atoms with Gasteiger partial charge in [-0.3, -0.25) is 4.99 Å². The molecule has 0 radical (unpaired) electrons. The highest BCUT2D eigenvalue weighted by molar-refractivity contribution is 5.88. The number of hydrogen-bond acceptors (Lipinski definition) is 1. The Morgan fingerprint density at radius 3 is 2.82 bits per heavy atom. The minimum Gasteiger partial charge on any atom is -0.260 e. The van der Waals surface area contributed by atoms with E-state index in [1.807, 2.05) is 0 Å².